The molecule has 1 heterocycles. The van der Waals surface area contributed by atoms with Gasteiger partial charge in [0.25, 0.3) is 0 Å². The van der Waals surface area contributed by atoms with E-state index in [1.165, 1.54) is 12.8 Å². The van der Waals surface area contributed by atoms with Crippen molar-refractivity contribution in [3.05, 3.63) is 24.3 Å². The highest BCUT2D eigenvalue weighted by Gasteiger charge is 2.16. The predicted molar refractivity (Wildman–Crippen MR) is 77.5 cm³/mol. The van der Waals surface area contributed by atoms with Gasteiger partial charge < -0.3 is 15.3 Å². The number of benzene rings is 1. The fourth-order valence-electron chi connectivity index (χ4n) is 2.42. The predicted octanol–water partition coefficient (Wildman–Crippen LogP) is 2.39. The summed E-state index contributed by atoms with van der Waals surface area (Å²) in [5, 5.41) is 11.7. The molecule has 1 aliphatic heterocycles. The quantitative estimate of drug-likeness (QED) is 0.774. The highest BCUT2D eigenvalue weighted by Crippen LogP contribution is 2.28. The number of nitrogens with one attached hydrogen (secondary N) is 1. The molecule has 1 aromatic rings. The van der Waals surface area contributed by atoms with Crippen molar-refractivity contribution < 1.29 is 9.90 Å². The number of carbonyl (C=O) groups excluding carboxylic acids is 1. The Morgan fingerprint density at radius 1 is 1.21 bits per heavy atom. The van der Waals surface area contributed by atoms with Gasteiger partial charge in [-0.05, 0) is 37.8 Å². The van der Waals surface area contributed by atoms with Gasteiger partial charge in [-0.2, -0.15) is 0 Å². The molecule has 0 unspecified atom stereocenters. The van der Waals surface area contributed by atoms with Gasteiger partial charge in [-0.25, -0.2) is 0 Å². The number of anilines is 2. The van der Waals surface area contributed by atoms with Gasteiger partial charge in [0.2, 0.25) is 5.91 Å². The highest BCUT2D eigenvalue weighted by molar-refractivity contribution is 5.94. The monoisotopic (exact) mass is 262 g/mol. The fourth-order valence-corrected chi connectivity index (χ4v) is 2.42. The second-order valence-corrected chi connectivity index (χ2v) is 4.94. The maximum Gasteiger partial charge on any atom is 0.224 e. The minimum atomic E-state index is 0.0279. The van der Waals surface area contributed by atoms with E-state index in [9.17, 15) is 4.79 Å². The summed E-state index contributed by atoms with van der Waals surface area (Å²) in [6.45, 7) is 2.28. The third-order valence-corrected chi connectivity index (χ3v) is 3.44. The van der Waals surface area contributed by atoms with Crippen LogP contribution in [0.4, 0.5) is 11.4 Å². The van der Waals surface area contributed by atoms with E-state index in [2.05, 4.69) is 16.3 Å². The van der Waals surface area contributed by atoms with Gasteiger partial charge in [-0.15, -0.1) is 0 Å². The van der Waals surface area contributed by atoms with Crippen LogP contribution in [0.15, 0.2) is 24.3 Å². The lowest BCUT2D eigenvalue weighted by atomic mass is 10.2. The van der Waals surface area contributed by atoms with Crippen molar-refractivity contribution >= 4 is 17.3 Å². The average molecular weight is 262 g/mol. The molecule has 19 heavy (non-hydrogen) atoms. The van der Waals surface area contributed by atoms with Gasteiger partial charge >= 0.3 is 0 Å². The molecule has 0 bridgehead atoms. The SMILES string of the molecule is O=C(CCCCO)Nc1ccccc1N1CCCC1. The third kappa shape index (κ3) is 3.96. The smallest absolute Gasteiger partial charge is 0.224 e. The van der Waals surface area contributed by atoms with Crippen LogP contribution in [0.5, 0.6) is 0 Å². The number of aliphatic hydroxyl groups is 1. The molecular formula is C15H22N2O2. The van der Waals surface area contributed by atoms with Crippen LogP contribution in [-0.4, -0.2) is 30.7 Å². The van der Waals surface area contributed by atoms with Gasteiger partial charge in [-0.3, -0.25) is 4.79 Å². The summed E-state index contributed by atoms with van der Waals surface area (Å²) in [4.78, 5) is 14.2. The molecule has 2 rings (SSSR count). The number of unbranched alkanes of at least 4 members (excludes halogenated alkanes) is 1. The van der Waals surface area contributed by atoms with Gasteiger partial charge in [0.1, 0.15) is 0 Å². The molecule has 0 saturated carbocycles. The molecule has 0 aliphatic carbocycles. The molecule has 1 aromatic carbocycles. The molecule has 1 fully saturated rings. The van der Waals surface area contributed by atoms with Crippen LogP contribution in [-0.2, 0) is 4.79 Å². The molecule has 104 valence electrons. The molecule has 0 radical (unpaired) electrons. The first kappa shape index (κ1) is 13.9. The molecule has 0 spiro atoms. The van der Waals surface area contributed by atoms with Gasteiger partial charge in [0.15, 0.2) is 0 Å². The Bertz CT molecular complexity index is 414. The third-order valence-electron chi connectivity index (χ3n) is 3.44. The van der Waals surface area contributed by atoms with Crippen LogP contribution in [0.1, 0.15) is 32.1 Å². The van der Waals surface area contributed by atoms with E-state index in [0.29, 0.717) is 12.8 Å². The number of rotatable bonds is 6. The molecule has 0 atom stereocenters. The summed E-state index contributed by atoms with van der Waals surface area (Å²) in [6.07, 6.45) is 4.32. The zero-order valence-electron chi connectivity index (χ0n) is 11.3. The fraction of sp³-hybridized carbons (Fsp3) is 0.533. The van der Waals surface area contributed by atoms with E-state index in [-0.39, 0.29) is 12.5 Å². The summed E-state index contributed by atoms with van der Waals surface area (Å²) in [5.74, 6) is 0.0279. The number of hydrogen-bond acceptors (Lipinski definition) is 3. The van der Waals surface area contributed by atoms with E-state index in [4.69, 9.17) is 5.11 Å². The Morgan fingerprint density at radius 3 is 2.68 bits per heavy atom. The van der Waals surface area contributed by atoms with E-state index in [1.54, 1.807) is 0 Å². The number of carbonyl (C=O) groups is 1. The number of hydrogen-bond donors (Lipinski definition) is 2. The Hall–Kier alpha value is -1.55. The van der Waals surface area contributed by atoms with Crippen molar-refractivity contribution in [2.75, 3.05) is 29.9 Å². The Morgan fingerprint density at radius 2 is 1.95 bits per heavy atom. The first-order valence-corrected chi connectivity index (χ1v) is 7.06. The van der Waals surface area contributed by atoms with Crippen LogP contribution in [0.25, 0.3) is 0 Å². The van der Waals surface area contributed by atoms with Crippen molar-refractivity contribution in [3.63, 3.8) is 0 Å². The lowest BCUT2D eigenvalue weighted by Crippen LogP contribution is -2.21. The molecule has 4 heteroatoms. The lowest BCUT2D eigenvalue weighted by Gasteiger charge is -2.21. The molecule has 4 nitrogen and oxygen atoms in total. The van der Waals surface area contributed by atoms with Crippen LogP contribution < -0.4 is 10.2 Å². The van der Waals surface area contributed by atoms with E-state index in [1.807, 2.05) is 18.2 Å². The second kappa shape index (κ2) is 7.14. The van der Waals surface area contributed by atoms with Crippen molar-refractivity contribution in [2.45, 2.75) is 32.1 Å². The summed E-state index contributed by atoms with van der Waals surface area (Å²) >= 11 is 0. The number of nitrogens with zero attached hydrogens (tertiary/aromatic N) is 1. The maximum absolute atomic E-state index is 11.8. The number of para-hydroxylation sites is 2. The van der Waals surface area contributed by atoms with Crippen LogP contribution in [0, 0.1) is 0 Å². The van der Waals surface area contributed by atoms with Crippen molar-refractivity contribution in [1.82, 2.24) is 0 Å². The molecular weight excluding hydrogens is 240 g/mol. The number of amides is 1. The standard InChI is InChI=1S/C15H22N2O2/c18-12-6-3-9-15(19)16-13-7-1-2-8-14(13)17-10-4-5-11-17/h1-2,7-8,18H,3-6,9-12H2,(H,16,19). The largest absolute Gasteiger partial charge is 0.396 e. The Labute approximate surface area is 114 Å². The van der Waals surface area contributed by atoms with Crippen molar-refractivity contribution in [3.8, 4) is 0 Å². The van der Waals surface area contributed by atoms with Gasteiger partial charge in [0.05, 0.1) is 11.4 Å². The summed E-state index contributed by atoms with van der Waals surface area (Å²) < 4.78 is 0. The van der Waals surface area contributed by atoms with E-state index in [0.717, 1.165) is 30.9 Å². The minimum absolute atomic E-state index is 0.0279. The summed E-state index contributed by atoms with van der Waals surface area (Å²) in [7, 11) is 0. The zero-order valence-corrected chi connectivity index (χ0v) is 11.3. The average Bonchev–Trinajstić information content (AvgIpc) is 2.93. The molecule has 1 aliphatic rings. The Balaban J connectivity index is 1.97. The molecule has 0 aromatic heterocycles. The lowest BCUT2D eigenvalue weighted by molar-refractivity contribution is -0.116. The summed E-state index contributed by atoms with van der Waals surface area (Å²) in [5.41, 5.74) is 2.02. The van der Waals surface area contributed by atoms with Crippen LogP contribution in [0.2, 0.25) is 0 Å². The molecule has 1 saturated heterocycles. The van der Waals surface area contributed by atoms with Gasteiger partial charge in [0, 0.05) is 26.1 Å². The normalized spacial score (nSPS) is 14.7. The minimum Gasteiger partial charge on any atom is -0.396 e. The molecule has 1 amide bonds. The Kier molecular flexibility index (Phi) is 5.21. The van der Waals surface area contributed by atoms with E-state index >= 15 is 0 Å². The first-order chi connectivity index (χ1) is 9.31. The number of aliphatic hydroxyl groups excluding tert-OH is 1. The van der Waals surface area contributed by atoms with Crippen LogP contribution in [0.3, 0.4) is 0 Å². The maximum atomic E-state index is 11.8. The van der Waals surface area contributed by atoms with E-state index < -0.39 is 0 Å². The highest BCUT2D eigenvalue weighted by atomic mass is 16.2. The first-order valence-electron chi connectivity index (χ1n) is 7.06. The van der Waals surface area contributed by atoms with Crippen molar-refractivity contribution in [2.24, 2.45) is 0 Å². The molecule has 2 N–H and O–H groups in total. The van der Waals surface area contributed by atoms with Gasteiger partial charge in [-0.1, -0.05) is 12.1 Å². The topological polar surface area (TPSA) is 52.6 Å². The second-order valence-electron chi connectivity index (χ2n) is 4.94. The zero-order chi connectivity index (χ0) is 13.5. The van der Waals surface area contributed by atoms with Crippen molar-refractivity contribution in [1.29, 1.82) is 0 Å². The van der Waals surface area contributed by atoms with Crippen LogP contribution >= 0.6 is 0 Å². The summed E-state index contributed by atoms with van der Waals surface area (Å²) in [6, 6.07) is 7.98.